The van der Waals surface area contributed by atoms with Crippen LogP contribution < -0.4 is 10.2 Å². The maximum Gasteiger partial charge on any atom is 0.246 e. The molecule has 3 heterocycles. The van der Waals surface area contributed by atoms with Crippen molar-refractivity contribution >= 4 is 17.3 Å². The van der Waals surface area contributed by atoms with Gasteiger partial charge in [0.2, 0.25) is 5.95 Å². The average Bonchev–Trinajstić information content (AvgIpc) is 3.37. The van der Waals surface area contributed by atoms with E-state index >= 15 is 0 Å². The van der Waals surface area contributed by atoms with E-state index in [1.165, 1.54) is 17.7 Å². The highest BCUT2D eigenvalue weighted by molar-refractivity contribution is 5.65. The van der Waals surface area contributed by atoms with Gasteiger partial charge in [0.05, 0.1) is 5.69 Å². The smallest absolute Gasteiger partial charge is 0.246 e. The van der Waals surface area contributed by atoms with Crippen molar-refractivity contribution in [1.82, 2.24) is 19.7 Å². The molecule has 0 spiro atoms. The SMILES string of the molecule is Cc1cc(Nc2ncn(-c3ccccc3)n2)cc(N2C[C@@H]3CC2CN3C)c1. The van der Waals surface area contributed by atoms with Gasteiger partial charge in [-0.2, -0.15) is 4.98 Å². The summed E-state index contributed by atoms with van der Waals surface area (Å²) in [6, 6.07) is 18.0. The van der Waals surface area contributed by atoms with E-state index in [0.29, 0.717) is 18.0 Å². The number of anilines is 3. The molecule has 0 aliphatic carbocycles. The summed E-state index contributed by atoms with van der Waals surface area (Å²) in [7, 11) is 2.24. The third-order valence-electron chi connectivity index (χ3n) is 5.68. The number of nitrogens with one attached hydrogen (secondary N) is 1. The van der Waals surface area contributed by atoms with Crippen LogP contribution in [0, 0.1) is 6.92 Å². The predicted octanol–water partition coefficient (Wildman–Crippen LogP) is 3.21. The average molecular weight is 360 g/mol. The van der Waals surface area contributed by atoms with Crippen LogP contribution in [0.4, 0.5) is 17.3 Å². The van der Waals surface area contributed by atoms with Crippen LogP contribution in [0.1, 0.15) is 12.0 Å². The third-order valence-corrected chi connectivity index (χ3v) is 5.68. The number of aryl methyl sites for hydroxylation is 1. The van der Waals surface area contributed by atoms with Gasteiger partial charge in [-0.1, -0.05) is 18.2 Å². The van der Waals surface area contributed by atoms with Gasteiger partial charge in [0.15, 0.2) is 0 Å². The highest BCUT2D eigenvalue weighted by Gasteiger charge is 2.41. The molecule has 138 valence electrons. The molecular weight excluding hydrogens is 336 g/mol. The van der Waals surface area contributed by atoms with Crippen LogP contribution >= 0.6 is 0 Å². The monoisotopic (exact) mass is 360 g/mol. The lowest BCUT2D eigenvalue weighted by molar-refractivity contribution is 0.292. The molecule has 6 nitrogen and oxygen atoms in total. The fourth-order valence-electron chi connectivity index (χ4n) is 4.34. The van der Waals surface area contributed by atoms with Crippen molar-refractivity contribution < 1.29 is 0 Å². The summed E-state index contributed by atoms with van der Waals surface area (Å²) < 4.78 is 1.79. The van der Waals surface area contributed by atoms with Gasteiger partial charge < -0.3 is 10.2 Å². The number of nitrogens with zero attached hydrogens (tertiary/aromatic N) is 5. The highest BCUT2D eigenvalue weighted by Crippen LogP contribution is 2.35. The predicted molar refractivity (Wildman–Crippen MR) is 108 cm³/mol. The fourth-order valence-corrected chi connectivity index (χ4v) is 4.34. The van der Waals surface area contributed by atoms with E-state index in [2.05, 4.69) is 57.4 Å². The molecule has 2 aromatic carbocycles. The Morgan fingerprint density at radius 3 is 2.59 bits per heavy atom. The number of likely N-dealkylation sites (N-methyl/N-ethyl adjacent to an activating group) is 1. The highest BCUT2D eigenvalue weighted by atomic mass is 15.4. The number of hydrogen-bond acceptors (Lipinski definition) is 5. The van der Waals surface area contributed by atoms with Crippen molar-refractivity contribution in [3.63, 3.8) is 0 Å². The minimum absolute atomic E-state index is 0.609. The second-order valence-electron chi connectivity index (χ2n) is 7.67. The zero-order valence-electron chi connectivity index (χ0n) is 15.7. The molecule has 27 heavy (non-hydrogen) atoms. The van der Waals surface area contributed by atoms with E-state index in [-0.39, 0.29) is 0 Å². The molecule has 3 aromatic rings. The summed E-state index contributed by atoms with van der Waals surface area (Å²) in [6.07, 6.45) is 3.01. The van der Waals surface area contributed by atoms with E-state index in [1.54, 1.807) is 11.0 Å². The molecule has 2 fully saturated rings. The van der Waals surface area contributed by atoms with Crippen molar-refractivity contribution in [2.24, 2.45) is 0 Å². The van der Waals surface area contributed by atoms with Gasteiger partial charge in [0.1, 0.15) is 6.33 Å². The summed E-state index contributed by atoms with van der Waals surface area (Å²) in [5.41, 5.74) is 4.57. The number of rotatable bonds is 4. The largest absolute Gasteiger partial charge is 0.366 e. The Balaban J connectivity index is 1.37. The molecule has 6 heteroatoms. The molecule has 2 aliphatic heterocycles. The Labute approximate surface area is 159 Å². The number of benzene rings is 2. The third kappa shape index (κ3) is 3.06. The first kappa shape index (κ1) is 16.3. The lowest BCUT2D eigenvalue weighted by Gasteiger charge is -2.34. The van der Waals surface area contributed by atoms with Crippen LogP contribution in [0.15, 0.2) is 54.9 Å². The van der Waals surface area contributed by atoms with Crippen LogP contribution in [0.5, 0.6) is 0 Å². The molecular formula is C21H24N6. The topological polar surface area (TPSA) is 49.2 Å². The van der Waals surface area contributed by atoms with Gasteiger partial charge in [-0.15, -0.1) is 5.10 Å². The van der Waals surface area contributed by atoms with Crippen molar-refractivity contribution in [1.29, 1.82) is 0 Å². The van der Waals surface area contributed by atoms with Crippen LogP contribution in [-0.2, 0) is 0 Å². The molecule has 1 N–H and O–H groups in total. The normalized spacial score (nSPS) is 21.8. The molecule has 2 bridgehead atoms. The van der Waals surface area contributed by atoms with Gasteiger partial charge in [0.25, 0.3) is 0 Å². The Morgan fingerprint density at radius 2 is 1.85 bits per heavy atom. The number of fused-ring (bicyclic) bond motifs is 2. The molecule has 2 saturated heterocycles. The number of hydrogen-bond donors (Lipinski definition) is 1. The molecule has 5 rings (SSSR count). The Kier molecular flexibility index (Phi) is 3.86. The van der Waals surface area contributed by atoms with Crippen LogP contribution in [-0.4, -0.2) is 51.9 Å². The van der Waals surface area contributed by atoms with E-state index in [9.17, 15) is 0 Å². The lowest BCUT2D eigenvalue weighted by Crippen LogP contribution is -2.44. The summed E-state index contributed by atoms with van der Waals surface area (Å²) in [5, 5.41) is 7.93. The van der Waals surface area contributed by atoms with Crippen LogP contribution in [0.3, 0.4) is 0 Å². The van der Waals surface area contributed by atoms with Crippen molar-refractivity contribution in [2.45, 2.75) is 25.4 Å². The molecule has 2 atom stereocenters. The van der Waals surface area contributed by atoms with E-state index in [4.69, 9.17) is 0 Å². The summed E-state index contributed by atoms with van der Waals surface area (Å²) in [4.78, 5) is 9.45. The maximum atomic E-state index is 4.55. The molecule has 0 amide bonds. The number of aromatic nitrogens is 3. The van der Waals surface area contributed by atoms with Crippen molar-refractivity contribution in [3.8, 4) is 5.69 Å². The fraction of sp³-hybridized carbons (Fsp3) is 0.333. The summed E-state index contributed by atoms with van der Waals surface area (Å²) >= 11 is 0. The summed E-state index contributed by atoms with van der Waals surface area (Å²) in [6.45, 7) is 4.42. The first-order valence-corrected chi connectivity index (χ1v) is 9.48. The van der Waals surface area contributed by atoms with Gasteiger partial charge in [-0.05, 0) is 56.3 Å². The molecule has 1 aromatic heterocycles. The van der Waals surface area contributed by atoms with Gasteiger partial charge in [0, 0.05) is 36.5 Å². The number of para-hydroxylation sites is 1. The molecule has 0 saturated carbocycles. The van der Waals surface area contributed by atoms with Crippen LogP contribution in [0.25, 0.3) is 5.69 Å². The Bertz CT molecular complexity index is 948. The van der Waals surface area contributed by atoms with E-state index < -0.39 is 0 Å². The first-order valence-electron chi connectivity index (χ1n) is 9.48. The second kappa shape index (κ2) is 6.39. The zero-order valence-corrected chi connectivity index (χ0v) is 15.7. The quantitative estimate of drug-likeness (QED) is 0.774. The number of piperazine rings is 1. The lowest BCUT2D eigenvalue weighted by atomic mass is 10.1. The minimum Gasteiger partial charge on any atom is -0.366 e. The van der Waals surface area contributed by atoms with Gasteiger partial charge in [-0.3, -0.25) is 4.90 Å². The van der Waals surface area contributed by atoms with Crippen molar-refractivity contribution in [2.75, 3.05) is 30.4 Å². The minimum atomic E-state index is 0.609. The molecule has 2 aliphatic rings. The Hall–Kier alpha value is -2.86. The maximum absolute atomic E-state index is 4.55. The van der Waals surface area contributed by atoms with Gasteiger partial charge >= 0.3 is 0 Å². The Morgan fingerprint density at radius 1 is 1.00 bits per heavy atom. The number of likely N-dealkylation sites (tertiary alicyclic amines) is 1. The van der Waals surface area contributed by atoms with E-state index in [0.717, 1.165) is 24.5 Å². The van der Waals surface area contributed by atoms with Crippen LogP contribution in [0.2, 0.25) is 0 Å². The van der Waals surface area contributed by atoms with Crippen molar-refractivity contribution in [3.05, 3.63) is 60.4 Å². The molecule has 1 unspecified atom stereocenters. The standard InChI is InChI=1S/C21H24N6/c1-15-8-16(10-18(9-15)26-13-19-11-20(26)12-25(19)2)23-21-22-14-27(24-21)17-6-4-3-5-7-17/h3-10,14,19-20H,11-13H2,1-2H3,(H,23,24)/t19-,20?/m0/s1. The van der Waals surface area contributed by atoms with E-state index in [1.807, 2.05) is 30.3 Å². The molecule has 0 radical (unpaired) electrons. The summed E-state index contributed by atoms with van der Waals surface area (Å²) in [5.74, 6) is 0.609. The van der Waals surface area contributed by atoms with Gasteiger partial charge in [-0.25, -0.2) is 4.68 Å². The zero-order chi connectivity index (χ0) is 18.4. The second-order valence-corrected chi connectivity index (χ2v) is 7.67. The first-order chi connectivity index (χ1) is 13.2.